The van der Waals surface area contributed by atoms with Crippen molar-refractivity contribution in [2.75, 3.05) is 29.5 Å². The van der Waals surface area contributed by atoms with Gasteiger partial charge in [-0.15, -0.1) is 0 Å². The van der Waals surface area contributed by atoms with E-state index in [9.17, 15) is 18.0 Å². The molecule has 2 aliphatic heterocycles. The van der Waals surface area contributed by atoms with Gasteiger partial charge in [-0.1, -0.05) is 30.3 Å². The fourth-order valence-corrected chi connectivity index (χ4v) is 5.35. The van der Waals surface area contributed by atoms with Gasteiger partial charge in [-0.25, -0.2) is 0 Å². The van der Waals surface area contributed by atoms with Crippen LogP contribution in [0.5, 0.6) is 0 Å². The number of hydrogen-bond donors (Lipinski definition) is 1. The van der Waals surface area contributed by atoms with Crippen LogP contribution in [0.25, 0.3) is 0 Å². The molecule has 29 heavy (non-hydrogen) atoms. The Bertz CT molecular complexity index is 872. The zero-order valence-electron chi connectivity index (χ0n) is 15.9. The average Bonchev–Trinajstić information content (AvgIpc) is 2.72. The number of thioether (sulfide) groups is 1. The number of hydrogen-bond acceptors (Lipinski definition) is 3. The lowest BCUT2D eigenvalue weighted by Crippen LogP contribution is -2.55. The highest BCUT2D eigenvalue weighted by atomic mass is 32.2. The second-order valence-electron chi connectivity index (χ2n) is 7.51. The highest BCUT2D eigenvalue weighted by Crippen LogP contribution is 2.40. The van der Waals surface area contributed by atoms with Crippen molar-refractivity contribution in [2.24, 2.45) is 5.92 Å². The lowest BCUT2D eigenvalue weighted by atomic mass is 9.84. The summed E-state index contributed by atoms with van der Waals surface area (Å²) in [6.07, 6.45) is -3.30. The quantitative estimate of drug-likeness (QED) is 0.806. The number of halogens is 3. The molecule has 2 aromatic rings. The fraction of sp³-hybridized carbons (Fsp3) is 0.409. The van der Waals surface area contributed by atoms with Crippen LogP contribution >= 0.6 is 11.8 Å². The Kier molecular flexibility index (Phi) is 5.76. The number of fused-ring (bicyclic) bond motifs is 3. The van der Waals surface area contributed by atoms with Crippen LogP contribution in [0.1, 0.15) is 16.7 Å². The molecule has 7 heteroatoms. The van der Waals surface area contributed by atoms with Crippen molar-refractivity contribution < 1.29 is 18.0 Å². The van der Waals surface area contributed by atoms with Gasteiger partial charge >= 0.3 is 6.18 Å². The molecular weight excluding hydrogens is 397 g/mol. The maximum atomic E-state index is 13.2. The van der Waals surface area contributed by atoms with Gasteiger partial charge in [0.1, 0.15) is 0 Å². The third kappa shape index (κ3) is 4.39. The van der Waals surface area contributed by atoms with E-state index < -0.39 is 11.7 Å². The third-order valence-corrected chi connectivity index (χ3v) is 6.73. The molecule has 2 heterocycles. The van der Waals surface area contributed by atoms with Crippen LogP contribution < -0.4 is 10.2 Å². The molecule has 0 bridgehead atoms. The van der Waals surface area contributed by atoms with Crippen molar-refractivity contribution in [3.63, 3.8) is 0 Å². The van der Waals surface area contributed by atoms with Crippen LogP contribution in [0.4, 0.5) is 18.9 Å². The summed E-state index contributed by atoms with van der Waals surface area (Å²) in [5, 5.41) is 3.01. The minimum atomic E-state index is -4.38. The van der Waals surface area contributed by atoms with E-state index >= 15 is 0 Å². The van der Waals surface area contributed by atoms with Gasteiger partial charge in [-0.2, -0.15) is 24.9 Å². The number of anilines is 1. The minimum absolute atomic E-state index is 0.0229. The van der Waals surface area contributed by atoms with Gasteiger partial charge in [0.15, 0.2) is 0 Å². The second kappa shape index (κ2) is 8.30. The first kappa shape index (κ1) is 20.1. The van der Waals surface area contributed by atoms with Crippen molar-refractivity contribution in [3.8, 4) is 0 Å². The largest absolute Gasteiger partial charge is 0.416 e. The summed E-state index contributed by atoms with van der Waals surface area (Å²) in [5.41, 5.74) is 1.96. The Morgan fingerprint density at radius 2 is 1.97 bits per heavy atom. The fourth-order valence-electron chi connectivity index (χ4n) is 4.21. The van der Waals surface area contributed by atoms with Crippen molar-refractivity contribution in [3.05, 3.63) is 65.2 Å². The van der Waals surface area contributed by atoms with E-state index in [1.807, 2.05) is 30.3 Å². The molecular formula is C22H23F3N2OS. The number of carbonyl (C=O) groups is 1. The SMILES string of the molecule is O=C(NCCc1ccccc1)[C@@H]1Cc2cc(C(F)(F)F)ccc2N2CCSC[C@@H]12. The molecule has 2 aromatic carbocycles. The van der Waals surface area contributed by atoms with Gasteiger partial charge in [0.2, 0.25) is 5.91 Å². The van der Waals surface area contributed by atoms with Crippen molar-refractivity contribution in [2.45, 2.75) is 25.1 Å². The zero-order valence-corrected chi connectivity index (χ0v) is 16.7. The maximum absolute atomic E-state index is 13.2. The van der Waals surface area contributed by atoms with Crippen molar-refractivity contribution in [1.82, 2.24) is 5.32 Å². The lowest BCUT2D eigenvalue weighted by Gasteiger charge is -2.45. The summed E-state index contributed by atoms with van der Waals surface area (Å²) in [7, 11) is 0. The van der Waals surface area contributed by atoms with Crippen LogP contribution in [-0.4, -0.2) is 36.5 Å². The van der Waals surface area contributed by atoms with Gasteiger partial charge in [0.05, 0.1) is 11.5 Å². The van der Waals surface area contributed by atoms with Crippen LogP contribution in [0, 0.1) is 5.92 Å². The topological polar surface area (TPSA) is 32.3 Å². The third-order valence-electron chi connectivity index (χ3n) is 5.68. The van der Waals surface area contributed by atoms with E-state index in [-0.39, 0.29) is 17.9 Å². The molecule has 2 aliphatic rings. The Balaban J connectivity index is 1.51. The minimum Gasteiger partial charge on any atom is -0.366 e. The Hall–Kier alpha value is -2.15. The molecule has 0 aliphatic carbocycles. The van der Waals surface area contributed by atoms with Gasteiger partial charge in [0.25, 0.3) is 0 Å². The number of nitrogens with zero attached hydrogens (tertiary/aromatic N) is 1. The molecule has 154 valence electrons. The lowest BCUT2D eigenvalue weighted by molar-refractivity contribution is -0.137. The maximum Gasteiger partial charge on any atom is 0.416 e. The van der Waals surface area contributed by atoms with Crippen molar-refractivity contribution >= 4 is 23.4 Å². The highest BCUT2D eigenvalue weighted by molar-refractivity contribution is 7.99. The molecule has 0 saturated carbocycles. The molecule has 1 fully saturated rings. The van der Waals surface area contributed by atoms with Crippen LogP contribution in [0.3, 0.4) is 0 Å². The molecule has 1 N–H and O–H groups in total. The first-order valence-electron chi connectivity index (χ1n) is 9.79. The van der Waals surface area contributed by atoms with Gasteiger partial charge in [0, 0.05) is 36.3 Å². The predicted octanol–water partition coefficient (Wildman–Crippen LogP) is 4.16. The first-order chi connectivity index (χ1) is 13.9. The smallest absolute Gasteiger partial charge is 0.366 e. The van der Waals surface area contributed by atoms with Crippen LogP contribution in [0.15, 0.2) is 48.5 Å². The predicted molar refractivity (Wildman–Crippen MR) is 110 cm³/mol. The molecule has 2 atom stereocenters. The van der Waals surface area contributed by atoms with Crippen LogP contribution in [0.2, 0.25) is 0 Å². The van der Waals surface area contributed by atoms with E-state index in [0.717, 1.165) is 41.8 Å². The molecule has 0 unspecified atom stereocenters. The number of carbonyl (C=O) groups excluding carboxylic acids is 1. The first-order valence-corrected chi connectivity index (χ1v) is 10.9. The van der Waals surface area contributed by atoms with Crippen LogP contribution in [-0.2, 0) is 23.8 Å². The summed E-state index contributed by atoms with van der Waals surface area (Å²) < 4.78 is 39.5. The summed E-state index contributed by atoms with van der Waals surface area (Å²) >= 11 is 1.80. The van der Waals surface area contributed by atoms with E-state index in [1.54, 1.807) is 17.8 Å². The monoisotopic (exact) mass is 420 g/mol. The molecule has 0 aromatic heterocycles. The summed E-state index contributed by atoms with van der Waals surface area (Å²) in [6.45, 7) is 1.27. The Labute approximate surface area is 172 Å². The molecule has 1 amide bonds. The number of amides is 1. The molecule has 3 nitrogen and oxygen atoms in total. The molecule has 4 rings (SSSR count). The molecule has 0 radical (unpaired) electrons. The number of nitrogens with one attached hydrogen (secondary N) is 1. The Morgan fingerprint density at radius 1 is 1.17 bits per heavy atom. The van der Waals surface area contributed by atoms with E-state index in [1.165, 1.54) is 6.07 Å². The van der Waals surface area contributed by atoms with E-state index in [4.69, 9.17) is 0 Å². The van der Waals surface area contributed by atoms with Gasteiger partial charge < -0.3 is 10.2 Å². The summed E-state index contributed by atoms with van der Waals surface area (Å²) in [4.78, 5) is 15.1. The zero-order chi connectivity index (χ0) is 20.4. The standard InChI is InChI=1S/C22H23F3N2OS/c23-22(24,25)17-6-7-19-16(12-17)13-18(20-14-29-11-10-27(19)20)21(28)26-9-8-15-4-2-1-3-5-15/h1-7,12,18,20H,8-11,13-14H2,(H,26,28)/t18-,20+/m1/s1. The average molecular weight is 421 g/mol. The van der Waals surface area contributed by atoms with Gasteiger partial charge in [-0.05, 0) is 42.2 Å². The normalized spacial score (nSPS) is 21.3. The van der Waals surface area contributed by atoms with E-state index in [2.05, 4.69) is 10.2 Å². The number of rotatable bonds is 4. The number of alkyl halides is 3. The molecule has 0 spiro atoms. The Morgan fingerprint density at radius 3 is 2.72 bits per heavy atom. The summed E-state index contributed by atoms with van der Waals surface area (Å²) in [5.74, 6) is 1.33. The molecule has 1 saturated heterocycles. The summed E-state index contributed by atoms with van der Waals surface area (Å²) in [6, 6.07) is 13.9. The number of benzene rings is 2. The second-order valence-corrected chi connectivity index (χ2v) is 8.66. The van der Waals surface area contributed by atoms with Crippen molar-refractivity contribution in [1.29, 1.82) is 0 Å². The van der Waals surface area contributed by atoms with Gasteiger partial charge in [-0.3, -0.25) is 4.79 Å². The van der Waals surface area contributed by atoms with E-state index in [0.29, 0.717) is 18.5 Å². The highest BCUT2D eigenvalue weighted by Gasteiger charge is 2.41.